The third-order valence-corrected chi connectivity index (χ3v) is 5.34. The van der Waals surface area contributed by atoms with Gasteiger partial charge in [0, 0.05) is 19.0 Å². The maximum absolute atomic E-state index is 11.4. The van der Waals surface area contributed by atoms with Crippen LogP contribution < -0.4 is 5.32 Å². The molecule has 1 aliphatic rings. The van der Waals surface area contributed by atoms with Crippen LogP contribution in [-0.4, -0.2) is 35.8 Å². The summed E-state index contributed by atoms with van der Waals surface area (Å²) in [6, 6.07) is 0. The first-order chi connectivity index (χ1) is 9.08. The molecule has 0 bridgehead atoms. The minimum absolute atomic E-state index is 0.0992. The molecule has 1 saturated carbocycles. The quantitative estimate of drug-likeness (QED) is 0.485. The molecule has 5 nitrogen and oxygen atoms in total. The molecule has 104 valence electrons. The molecule has 0 unspecified atom stereocenters. The highest BCUT2D eigenvalue weighted by Gasteiger charge is 2.44. The van der Waals surface area contributed by atoms with E-state index >= 15 is 0 Å². The Morgan fingerprint density at radius 2 is 2.37 bits per heavy atom. The van der Waals surface area contributed by atoms with Crippen molar-refractivity contribution in [1.82, 2.24) is 9.97 Å². The van der Waals surface area contributed by atoms with Crippen LogP contribution in [0.1, 0.15) is 19.3 Å². The van der Waals surface area contributed by atoms with Gasteiger partial charge in [-0.15, -0.1) is 11.8 Å². The molecule has 1 aromatic heterocycles. The van der Waals surface area contributed by atoms with Gasteiger partial charge in [-0.05, 0) is 34.2 Å². The summed E-state index contributed by atoms with van der Waals surface area (Å²) in [6.07, 6.45) is 4.40. The van der Waals surface area contributed by atoms with Gasteiger partial charge in [0.2, 0.25) is 5.95 Å². The Labute approximate surface area is 125 Å². The molecule has 19 heavy (non-hydrogen) atoms. The predicted octanol–water partition coefficient (Wildman–Crippen LogP) is 2.72. The van der Waals surface area contributed by atoms with Crippen LogP contribution in [-0.2, 0) is 9.53 Å². The average molecular weight is 346 g/mol. The minimum atomic E-state index is -0.129. The third kappa shape index (κ3) is 3.82. The van der Waals surface area contributed by atoms with E-state index in [-0.39, 0.29) is 11.4 Å². The van der Waals surface area contributed by atoms with E-state index in [1.165, 1.54) is 7.11 Å². The topological polar surface area (TPSA) is 64.1 Å². The summed E-state index contributed by atoms with van der Waals surface area (Å²) in [5.74, 6) is 1.35. The molecule has 1 aliphatic carbocycles. The van der Waals surface area contributed by atoms with Gasteiger partial charge in [0.1, 0.15) is 5.03 Å². The number of anilines is 1. The van der Waals surface area contributed by atoms with Gasteiger partial charge < -0.3 is 10.1 Å². The largest absolute Gasteiger partial charge is 0.469 e. The molecule has 1 N–H and O–H groups in total. The van der Waals surface area contributed by atoms with Crippen LogP contribution in [0.15, 0.2) is 15.7 Å². The van der Waals surface area contributed by atoms with Crippen molar-refractivity contribution in [3.05, 3.63) is 10.7 Å². The molecule has 1 aromatic rings. The predicted molar refractivity (Wildman–Crippen MR) is 78.3 cm³/mol. The SMILES string of the molecule is CNc1ncc(Br)c(SCC2(CC(=O)OC)CC2)n1. The summed E-state index contributed by atoms with van der Waals surface area (Å²) in [7, 11) is 3.23. The van der Waals surface area contributed by atoms with Crippen molar-refractivity contribution in [3.63, 3.8) is 0 Å². The summed E-state index contributed by atoms with van der Waals surface area (Å²) in [4.78, 5) is 19.9. The number of esters is 1. The van der Waals surface area contributed by atoms with Gasteiger partial charge in [-0.3, -0.25) is 4.79 Å². The highest BCUT2D eigenvalue weighted by Crippen LogP contribution is 2.52. The third-order valence-electron chi connectivity index (χ3n) is 3.15. The van der Waals surface area contributed by atoms with Crippen molar-refractivity contribution in [2.75, 3.05) is 25.2 Å². The van der Waals surface area contributed by atoms with Gasteiger partial charge in [0.05, 0.1) is 18.0 Å². The number of hydrogen-bond donors (Lipinski definition) is 1. The molecule has 0 radical (unpaired) electrons. The molecule has 7 heteroatoms. The second-order valence-electron chi connectivity index (χ2n) is 4.64. The Kier molecular flexibility index (Phi) is 4.67. The van der Waals surface area contributed by atoms with Crippen LogP contribution in [0.5, 0.6) is 0 Å². The zero-order valence-corrected chi connectivity index (χ0v) is 13.3. The minimum Gasteiger partial charge on any atom is -0.469 e. The Bertz CT molecular complexity index is 480. The van der Waals surface area contributed by atoms with E-state index in [4.69, 9.17) is 4.74 Å². The van der Waals surface area contributed by atoms with E-state index in [0.717, 1.165) is 28.1 Å². The summed E-state index contributed by atoms with van der Waals surface area (Å²) >= 11 is 5.10. The number of ether oxygens (including phenoxy) is 1. The fourth-order valence-corrected chi connectivity index (χ4v) is 3.43. The number of rotatable bonds is 6. The smallest absolute Gasteiger partial charge is 0.306 e. The Morgan fingerprint density at radius 3 is 2.95 bits per heavy atom. The lowest BCUT2D eigenvalue weighted by Crippen LogP contribution is -2.13. The lowest BCUT2D eigenvalue weighted by Gasteiger charge is -2.13. The highest BCUT2D eigenvalue weighted by molar-refractivity contribution is 9.10. The molecule has 0 saturated heterocycles. The Hall–Kier alpha value is -0.820. The van der Waals surface area contributed by atoms with Crippen LogP contribution in [0, 0.1) is 5.41 Å². The maximum atomic E-state index is 11.4. The van der Waals surface area contributed by atoms with Gasteiger partial charge in [0.25, 0.3) is 0 Å². The number of carbonyl (C=O) groups is 1. The maximum Gasteiger partial charge on any atom is 0.306 e. The van der Waals surface area contributed by atoms with Crippen LogP contribution in [0.4, 0.5) is 5.95 Å². The number of nitrogens with one attached hydrogen (secondary N) is 1. The van der Waals surface area contributed by atoms with Gasteiger partial charge in [0.15, 0.2) is 0 Å². The lowest BCUT2D eigenvalue weighted by molar-refractivity contribution is -0.141. The molecule has 0 aliphatic heterocycles. The van der Waals surface area contributed by atoms with E-state index < -0.39 is 0 Å². The van der Waals surface area contributed by atoms with E-state index in [9.17, 15) is 4.79 Å². The van der Waals surface area contributed by atoms with Crippen molar-refractivity contribution in [3.8, 4) is 0 Å². The standard InChI is InChI=1S/C12H16BrN3O2S/c1-14-11-15-6-8(13)10(16-11)19-7-12(3-4-12)5-9(17)18-2/h6H,3-5,7H2,1-2H3,(H,14,15,16). The van der Waals surface area contributed by atoms with Gasteiger partial charge in [-0.2, -0.15) is 0 Å². The fourth-order valence-electron chi connectivity index (χ4n) is 1.72. The van der Waals surface area contributed by atoms with Crippen LogP contribution in [0.2, 0.25) is 0 Å². The van der Waals surface area contributed by atoms with Crippen molar-refractivity contribution >= 4 is 39.6 Å². The molecule has 0 aromatic carbocycles. The van der Waals surface area contributed by atoms with Crippen LogP contribution in [0.25, 0.3) is 0 Å². The summed E-state index contributed by atoms with van der Waals surface area (Å²) in [5.41, 5.74) is 0.0992. The highest BCUT2D eigenvalue weighted by atomic mass is 79.9. The second-order valence-corrected chi connectivity index (χ2v) is 6.46. The molecule has 1 fully saturated rings. The van der Waals surface area contributed by atoms with Crippen molar-refractivity contribution in [2.45, 2.75) is 24.3 Å². The molecule has 1 heterocycles. The van der Waals surface area contributed by atoms with E-state index in [0.29, 0.717) is 12.4 Å². The molecule has 0 amide bonds. The number of carbonyl (C=O) groups excluding carboxylic acids is 1. The summed E-state index contributed by atoms with van der Waals surface area (Å²) in [6.45, 7) is 0. The van der Waals surface area contributed by atoms with Crippen LogP contribution in [0.3, 0.4) is 0 Å². The van der Waals surface area contributed by atoms with Crippen LogP contribution >= 0.6 is 27.7 Å². The normalized spacial score (nSPS) is 15.9. The average Bonchev–Trinajstić information content (AvgIpc) is 3.18. The second kappa shape index (κ2) is 6.09. The first kappa shape index (κ1) is 14.6. The molecular weight excluding hydrogens is 330 g/mol. The van der Waals surface area contributed by atoms with Crippen molar-refractivity contribution < 1.29 is 9.53 Å². The lowest BCUT2D eigenvalue weighted by atomic mass is 10.1. The first-order valence-corrected chi connectivity index (χ1v) is 7.76. The van der Waals surface area contributed by atoms with E-state index in [2.05, 4.69) is 31.2 Å². The number of methoxy groups -OCH3 is 1. The number of thioether (sulfide) groups is 1. The Morgan fingerprint density at radius 1 is 1.63 bits per heavy atom. The number of halogens is 1. The van der Waals surface area contributed by atoms with E-state index in [1.54, 1.807) is 25.0 Å². The number of nitrogens with zero attached hydrogens (tertiary/aromatic N) is 2. The molecule has 0 atom stereocenters. The number of aromatic nitrogens is 2. The molecule has 2 rings (SSSR count). The van der Waals surface area contributed by atoms with E-state index in [1.807, 2.05) is 0 Å². The zero-order chi connectivity index (χ0) is 13.9. The fraction of sp³-hybridized carbons (Fsp3) is 0.583. The van der Waals surface area contributed by atoms with Crippen molar-refractivity contribution in [2.24, 2.45) is 5.41 Å². The Balaban J connectivity index is 1.97. The molecule has 0 spiro atoms. The summed E-state index contributed by atoms with van der Waals surface area (Å²) in [5, 5.41) is 3.82. The zero-order valence-electron chi connectivity index (χ0n) is 10.9. The number of hydrogen-bond acceptors (Lipinski definition) is 6. The summed E-state index contributed by atoms with van der Waals surface area (Å²) < 4.78 is 5.63. The van der Waals surface area contributed by atoms with Gasteiger partial charge in [-0.1, -0.05) is 0 Å². The van der Waals surface area contributed by atoms with Crippen molar-refractivity contribution in [1.29, 1.82) is 0 Å². The first-order valence-electron chi connectivity index (χ1n) is 5.98. The monoisotopic (exact) mass is 345 g/mol. The van der Waals surface area contributed by atoms with Gasteiger partial charge in [-0.25, -0.2) is 9.97 Å². The van der Waals surface area contributed by atoms with Gasteiger partial charge >= 0.3 is 5.97 Å². The molecular formula is C12H16BrN3O2S.